The maximum absolute atomic E-state index is 12.2. The lowest BCUT2D eigenvalue weighted by Gasteiger charge is -2.09. The molecule has 0 aromatic carbocycles. The Morgan fingerprint density at radius 2 is 2.14 bits per heavy atom. The van der Waals surface area contributed by atoms with Crippen molar-refractivity contribution in [2.45, 2.75) is 40.2 Å². The van der Waals surface area contributed by atoms with Crippen molar-refractivity contribution in [1.82, 2.24) is 24.8 Å². The fourth-order valence-electron chi connectivity index (χ4n) is 2.14. The fourth-order valence-corrected chi connectivity index (χ4v) is 2.14. The average Bonchev–Trinajstić information content (AvgIpc) is 2.80. The number of rotatable bonds is 6. The maximum Gasteiger partial charge on any atom is 0.254 e. The van der Waals surface area contributed by atoms with Gasteiger partial charge in [0, 0.05) is 25.0 Å². The Kier molecular flexibility index (Phi) is 5.03. The molecule has 0 aliphatic carbocycles. The van der Waals surface area contributed by atoms with Crippen molar-refractivity contribution in [2.24, 2.45) is 0 Å². The number of aryl methyl sites for hydroxylation is 2. The van der Waals surface area contributed by atoms with Crippen LogP contribution in [0.25, 0.3) is 0 Å². The normalized spacial score (nSPS) is 10.6. The minimum atomic E-state index is -0.117. The molecule has 0 aliphatic rings. The topological polar surface area (TPSA) is 72.7 Å². The van der Waals surface area contributed by atoms with Crippen molar-refractivity contribution in [3.05, 3.63) is 41.5 Å². The van der Waals surface area contributed by atoms with Crippen LogP contribution in [0.2, 0.25) is 0 Å². The summed E-state index contributed by atoms with van der Waals surface area (Å²) in [4.78, 5) is 24.6. The molecule has 0 spiro atoms. The van der Waals surface area contributed by atoms with E-state index in [1.165, 1.54) is 6.33 Å². The van der Waals surface area contributed by atoms with E-state index < -0.39 is 0 Å². The van der Waals surface area contributed by atoms with Crippen LogP contribution in [0.1, 0.15) is 40.8 Å². The van der Waals surface area contributed by atoms with Gasteiger partial charge in [-0.3, -0.25) is 4.79 Å². The fraction of sp³-hybridized carbons (Fsp3) is 0.467. The van der Waals surface area contributed by atoms with Crippen LogP contribution in [-0.4, -0.2) is 32.0 Å². The summed E-state index contributed by atoms with van der Waals surface area (Å²) in [6, 6.07) is 0. The first-order valence-electron chi connectivity index (χ1n) is 7.19. The quantitative estimate of drug-likeness (QED) is 0.877. The molecule has 0 saturated heterocycles. The Hall–Kier alpha value is -2.24. The molecule has 2 heterocycles. The third-order valence-corrected chi connectivity index (χ3v) is 3.51. The summed E-state index contributed by atoms with van der Waals surface area (Å²) in [7, 11) is 0. The van der Waals surface area contributed by atoms with E-state index in [-0.39, 0.29) is 5.91 Å². The first kappa shape index (κ1) is 15.2. The van der Waals surface area contributed by atoms with Crippen LogP contribution in [0.3, 0.4) is 0 Å². The van der Waals surface area contributed by atoms with Gasteiger partial charge in [-0.05, 0) is 20.3 Å². The molecular weight excluding hydrogens is 266 g/mol. The van der Waals surface area contributed by atoms with Crippen LogP contribution in [-0.2, 0) is 13.0 Å². The van der Waals surface area contributed by atoms with Gasteiger partial charge in [0.05, 0.1) is 23.3 Å². The molecule has 0 aliphatic heterocycles. The third kappa shape index (κ3) is 3.65. The lowest BCUT2D eigenvalue weighted by molar-refractivity contribution is 0.0950. The summed E-state index contributed by atoms with van der Waals surface area (Å²) in [6.07, 6.45) is 6.60. The second kappa shape index (κ2) is 6.97. The van der Waals surface area contributed by atoms with E-state index in [1.807, 2.05) is 18.4 Å². The molecule has 0 unspecified atom stereocenters. The predicted octanol–water partition coefficient (Wildman–Crippen LogP) is 1.67. The molecule has 0 saturated carbocycles. The van der Waals surface area contributed by atoms with Crippen LogP contribution in [0, 0.1) is 13.8 Å². The third-order valence-electron chi connectivity index (χ3n) is 3.51. The van der Waals surface area contributed by atoms with Crippen LogP contribution < -0.4 is 5.32 Å². The molecule has 1 N–H and O–H groups in total. The van der Waals surface area contributed by atoms with Gasteiger partial charge in [-0.1, -0.05) is 13.3 Å². The Balaban J connectivity index is 1.94. The van der Waals surface area contributed by atoms with Gasteiger partial charge >= 0.3 is 0 Å². The predicted molar refractivity (Wildman–Crippen MR) is 80.1 cm³/mol. The van der Waals surface area contributed by atoms with E-state index in [2.05, 4.69) is 27.2 Å². The van der Waals surface area contributed by atoms with Crippen molar-refractivity contribution in [2.75, 3.05) is 6.54 Å². The number of aromatic nitrogens is 4. The van der Waals surface area contributed by atoms with Gasteiger partial charge in [0.1, 0.15) is 6.33 Å². The molecule has 2 aromatic rings. The molecule has 6 nitrogen and oxygen atoms in total. The second-order valence-corrected chi connectivity index (χ2v) is 5.00. The van der Waals surface area contributed by atoms with Crippen molar-refractivity contribution in [3.63, 3.8) is 0 Å². The Morgan fingerprint density at radius 1 is 1.33 bits per heavy atom. The van der Waals surface area contributed by atoms with Gasteiger partial charge in [0.25, 0.3) is 5.91 Å². The van der Waals surface area contributed by atoms with Gasteiger partial charge in [0.15, 0.2) is 0 Å². The number of amides is 1. The Morgan fingerprint density at radius 3 is 2.81 bits per heavy atom. The Bertz CT molecular complexity index is 620. The van der Waals surface area contributed by atoms with Crippen LogP contribution in [0.4, 0.5) is 0 Å². The summed E-state index contributed by atoms with van der Waals surface area (Å²) in [5.74, 6) is -0.117. The van der Waals surface area contributed by atoms with Gasteiger partial charge in [-0.25, -0.2) is 15.0 Å². The molecule has 112 valence electrons. The summed E-state index contributed by atoms with van der Waals surface area (Å²) >= 11 is 0. The highest BCUT2D eigenvalue weighted by molar-refractivity contribution is 5.94. The van der Waals surface area contributed by atoms with Gasteiger partial charge < -0.3 is 9.88 Å². The molecular formula is C15H21N5O. The van der Waals surface area contributed by atoms with Gasteiger partial charge in [-0.2, -0.15) is 0 Å². The standard InChI is InChI=1S/C15H21N5O/c1-4-5-14-13(8-16-9-18-14)15(21)17-6-7-20-10-19-11(2)12(20)3/h8-10H,4-7H2,1-3H3,(H,17,21). The zero-order chi connectivity index (χ0) is 15.2. The zero-order valence-corrected chi connectivity index (χ0v) is 12.8. The molecule has 21 heavy (non-hydrogen) atoms. The highest BCUT2D eigenvalue weighted by atomic mass is 16.1. The van der Waals surface area contributed by atoms with E-state index in [4.69, 9.17) is 0 Å². The van der Waals surface area contributed by atoms with Gasteiger partial charge in [-0.15, -0.1) is 0 Å². The number of carbonyl (C=O) groups excluding carboxylic acids is 1. The number of nitrogens with one attached hydrogen (secondary N) is 1. The van der Waals surface area contributed by atoms with Crippen molar-refractivity contribution >= 4 is 5.91 Å². The van der Waals surface area contributed by atoms with Crippen molar-refractivity contribution in [1.29, 1.82) is 0 Å². The summed E-state index contributed by atoms with van der Waals surface area (Å²) < 4.78 is 2.03. The lowest BCUT2D eigenvalue weighted by atomic mass is 10.1. The molecule has 0 atom stereocenters. The number of carbonyl (C=O) groups is 1. The largest absolute Gasteiger partial charge is 0.350 e. The summed E-state index contributed by atoms with van der Waals surface area (Å²) in [5.41, 5.74) is 3.51. The average molecular weight is 287 g/mol. The molecule has 6 heteroatoms. The van der Waals surface area contributed by atoms with Crippen LogP contribution >= 0.6 is 0 Å². The smallest absolute Gasteiger partial charge is 0.254 e. The van der Waals surface area contributed by atoms with E-state index in [1.54, 1.807) is 12.5 Å². The molecule has 0 fully saturated rings. The van der Waals surface area contributed by atoms with E-state index >= 15 is 0 Å². The monoisotopic (exact) mass is 287 g/mol. The highest BCUT2D eigenvalue weighted by Gasteiger charge is 2.12. The lowest BCUT2D eigenvalue weighted by Crippen LogP contribution is -2.28. The Labute approximate surface area is 124 Å². The first-order chi connectivity index (χ1) is 10.1. The summed E-state index contributed by atoms with van der Waals surface area (Å²) in [6.45, 7) is 7.32. The number of hydrogen-bond donors (Lipinski definition) is 1. The first-order valence-corrected chi connectivity index (χ1v) is 7.19. The molecule has 2 rings (SSSR count). The van der Waals surface area contributed by atoms with Crippen LogP contribution in [0.15, 0.2) is 18.9 Å². The van der Waals surface area contributed by atoms with Crippen LogP contribution in [0.5, 0.6) is 0 Å². The summed E-state index contributed by atoms with van der Waals surface area (Å²) in [5, 5.41) is 2.92. The van der Waals surface area contributed by atoms with Crippen molar-refractivity contribution < 1.29 is 4.79 Å². The van der Waals surface area contributed by atoms with E-state index in [0.717, 1.165) is 29.9 Å². The molecule has 1 amide bonds. The minimum Gasteiger partial charge on any atom is -0.350 e. The maximum atomic E-state index is 12.2. The zero-order valence-electron chi connectivity index (χ0n) is 12.8. The minimum absolute atomic E-state index is 0.117. The molecule has 0 bridgehead atoms. The van der Waals surface area contributed by atoms with E-state index in [9.17, 15) is 4.79 Å². The number of imidazole rings is 1. The second-order valence-electron chi connectivity index (χ2n) is 5.00. The van der Waals surface area contributed by atoms with Gasteiger partial charge in [0.2, 0.25) is 0 Å². The molecule has 2 aromatic heterocycles. The number of nitrogens with zero attached hydrogens (tertiary/aromatic N) is 4. The number of hydrogen-bond acceptors (Lipinski definition) is 4. The van der Waals surface area contributed by atoms with Crippen molar-refractivity contribution in [3.8, 4) is 0 Å². The highest BCUT2D eigenvalue weighted by Crippen LogP contribution is 2.07. The van der Waals surface area contributed by atoms with E-state index in [0.29, 0.717) is 18.7 Å². The molecule has 0 radical (unpaired) electrons. The SMILES string of the molecule is CCCc1ncncc1C(=O)NCCn1cnc(C)c1C.